The minimum absolute atomic E-state index is 0.00672. The number of aryl methyl sites for hydroxylation is 3. The van der Waals surface area contributed by atoms with Crippen LogP contribution in [0.5, 0.6) is 17.2 Å². The van der Waals surface area contributed by atoms with Crippen LogP contribution in [0.15, 0.2) is 184 Å². The Labute approximate surface area is 536 Å². The number of rotatable bonds is 21. The van der Waals surface area contributed by atoms with Gasteiger partial charge in [0, 0.05) is 72.6 Å². The lowest BCUT2D eigenvalue weighted by atomic mass is 9.99. The number of terminal acetylenes is 2. The molecule has 0 fully saturated rings. The molecule has 8 aromatic carbocycles. The van der Waals surface area contributed by atoms with Crippen LogP contribution in [0, 0.1) is 45.5 Å². The Morgan fingerprint density at radius 3 is 1.20 bits per heavy atom. The fourth-order valence-corrected chi connectivity index (χ4v) is 10.9. The van der Waals surface area contributed by atoms with Crippen LogP contribution in [0.4, 0.5) is 0 Å². The van der Waals surface area contributed by atoms with Gasteiger partial charge in [0.15, 0.2) is 0 Å². The number of allylic oxidation sites excluding steroid dienone is 3. The van der Waals surface area contributed by atoms with Gasteiger partial charge in [0.1, 0.15) is 43.4 Å². The van der Waals surface area contributed by atoms with E-state index in [1.807, 2.05) is 197 Å². The van der Waals surface area contributed by atoms with E-state index >= 15 is 0 Å². The van der Waals surface area contributed by atoms with Gasteiger partial charge in [-0.25, -0.2) is 0 Å². The summed E-state index contributed by atoms with van der Waals surface area (Å²) >= 11 is 0. The lowest BCUT2D eigenvalue weighted by molar-refractivity contribution is -0.107. The standard InChI is InChI=1S/C28H29NO3.C28H27NO3.C24H23NO2/c2*1-19(2)25-15-26(20(3)13-27(25)32-18-22-7-5-4-6-8-22)28(31)29-16-23-10-9-21(11-12-30)14-24(23)17-29;1-6-13-25(14-7-2)24(26)22-16-21(18(3)4)23(15-19(22)5)27-17-20-11-9-8-10-12-20/h4-10,13-15,30H,1,11-12,16-18H2,2-3H3;4-10,12-15H,1,11,16-18H2,2-3H3;1-2,8-12,15-16H,3,13-14,17H2,4-5H3. The van der Waals surface area contributed by atoms with E-state index < -0.39 is 0 Å². The highest BCUT2D eigenvalue weighted by molar-refractivity contribution is 5.99. The minimum Gasteiger partial charge on any atom is -0.488 e. The van der Waals surface area contributed by atoms with E-state index in [-0.39, 0.29) is 37.4 Å². The van der Waals surface area contributed by atoms with Gasteiger partial charge in [0.2, 0.25) is 0 Å². The average Bonchev–Trinajstić information content (AvgIpc) is 1.97. The van der Waals surface area contributed by atoms with E-state index in [0.717, 1.165) is 112 Å². The van der Waals surface area contributed by atoms with Crippen molar-refractivity contribution in [1.82, 2.24) is 14.7 Å². The lowest BCUT2D eigenvalue weighted by Gasteiger charge is -2.21. The molecule has 2 aliphatic rings. The quantitative estimate of drug-likeness (QED) is 0.0557. The third kappa shape index (κ3) is 17.2. The largest absolute Gasteiger partial charge is 0.488 e. The van der Waals surface area contributed by atoms with Gasteiger partial charge >= 0.3 is 0 Å². The van der Waals surface area contributed by atoms with E-state index in [0.29, 0.717) is 81.3 Å². The molecule has 2 heterocycles. The Morgan fingerprint density at radius 2 is 0.835 bits per heavy atom. The van der Waals surface area contributed by atoms with Crippen LogP contribution in [-0.4, -0.2) is 63.5 Å². The third-order valence-electron chi connectivity index (χ3n) is 15.9. The maximum atomic E-state index is 13.4. The molecule has 0 spiro atoms. The highest BCUT2D eigenvalue weighted by Crippen LogP contribution is 2.36. The first-order chi connectivity index (χ1) is 43.9. The van der Waals surface area contributed by atoms with Crippen LogP contribution in [0.1, 0.15) is 135 Å². The number of carbonyl (C=O) groups excluding carboxylic acids is 4. The number of amides is 3. The highest BCUT2D eigenvalue weighted by Gasteiger charge is 2.29. The second-order valence-corrected chi connectivity index (χ2v) is 23.1. The summed E-state index contributed by atoms with van der Waals surface area (Å²) in [5.74, 6) is 6.94. The number of hydrogen-bond acceptors (Lipinski definition) is 8. The number of benzene rings is 8. The van der Waals surface area contributed by atoms with Gasteiger partial charge in [0.05, 0.1) is 13.1 Å². The molecule has 2 aliphatic heterocycles. The fourth-order valence-electron chi connectivity index (χ4n) is 10.9. The van der Waals surface area contributed by atoms with Crippen molar-refractivity contribution in [1.29, 1.82) is 0 Å². The van der Waals surface area contributed by atoms with Crippen LogP contribution < -0.4 is 14.2 Å². The number of fused-ring (bicyclic) bond motifs is 2. The van der Waals surface area contributed by atoms with Crippen LogP contribution in [0.25, 0.3) is 16.7 Å². The summed E-state index contributed by atoms with van der Waals surface area (Å²) in [6.07, 6.45) is 12.7. The molecule has 0 saturated carbocycles. The molecular weight excluding hydrogens is 1130 g/mol. The van der Waals surface area contributed by atoms with Gasteiger partial charge in [-0.2, -0.15) is 0 Å². The summed E-state index contributed by atoms with van der Waals surface area (Å²) in [6.45, 7) is 27.8. The third-order valence-corrected chi connectivity index (χ3v) is 15.9. The van der Waals surface area contributed by atoms with Crippen molar-refractivity contribution in [2.24, 2.45) is 0 Å². The molecule has 0 aromatic heterocycles. The van der Waals surface area contributed by atoms with Crippen LogP contribution >= 0.6 is 0 Å². The Morgan fingerprint density at radius 1 is 0.484 bits per heavy atom. The summed E-state index contributed by atoms with van der Waals surface area (Å²) in [5, 5.41) is 9.20. The first kappa shape index (κ1) is 66.5. The fraction of sp³-hybridized carbons (Fsp3) is 0.225. The second-order valence-electron chi connectivity index (χ2n) is 23.1. The number of aliphatic hydroxyl groups excluding tert-OH is 1. The Kier molecular flexibility index (Phi) is 23.1. The molecule has 0 atom stereocenters. The van der Waals surface area contributed by atoms with Gasteiger partial charge in [0.25, 0.3) is 17.7 Å². The van der Waals surface area contributed by atoms with Gasteiger partial charge in [-0.1, -0.05) is 159 Å². The predicted octanol–water partition coefficient (Wildman–Crippen LogP) is 15.1. The number of nitrogens with zero attached hydrogens (tertiary/aromatic N) is 3. The average molecular weight is 1210 g/mol. The normalized spacial score (nSPS) is 11.7. The molecule has 10 rings (SSSR count). The maximum absolute atomic E-state index is 13.4. The van der Waals surface area contributed by atoms with Crippen molar-refractivity contribution in [3.05, 3.63) is 284 Å². The molecular formula is C80H79N3O8. The number of hydrogen-bond donors (Lipinski definition) is 1. The van der Waals surface area contributed by atoms with E-state index in [9.17, 15) is 24.3 Å². The highest BCUT2D eigenvalue weighted by atomic mass is 16.5. The molecule has 462 valence electrons. The Hall–Kier alpha value is -10.5. The summed E-state index contributed by atoms with van der Waals surface area (Å²) in [7, 11) is 0. The van der Waals surface area contributed by atoms with Crippen LogP contribution in [0.2, 0.25) is 0 Å². The zero-order valence-corrected chi connectivity index (χ0v) is 53.1. The molecule has 11 nitrogen and oxygen atoms in total. The van der Waals surface area contributed by atoms with Gasteiger partial charge in [-0.05, 0) is 168 Å². The topological polar surface area (TPSA) is 126 Å². The SMILES string of the molecule is C#CCN(CC#C)C(=O)c1cc(C(=C)C)c(OCc2ccccc2)cc1C.C=C(C)c1cc(C(=O)N2Cc3ccc(CC=O)cc3C2)c(C)cc1OCc1ccccc1.C=C(C)c1cc(C(=O)N2Cc3ccc(CCO)cc3C2)c(C)cc1OCc1ccccc1. The summed E-state index contributed by atoms with van der Waals surface area (Å²) in [4.78, 5) is 55.7. The lowest BCUT2D eigenvalue weighted by Crippen LogP contribution is -2.32. The molecule has 0 radical (unpaired) electrons. The van der Waals surface area contributed by atoms with Crippen molar-refractivity contribution in [2.75, 3.05) is 19.7 Å². The molecule has 1 N–H and O–H groups in total. The van der Waals surface area contributed by atoms with Crippen molar-refractivity contribution >= 4 is 40.7 Å². The summed E-state index contributed by atoms with van der Waals surface area (Å²) in [6, 6.07) is 53.5. The zero-order valence-electron chi connectivity index (χ0n) is 53.1. The van der Waals surface area contributed by atoms with Crippen molar-refractivity contribution in [2.45, 2.75) is 100 Å². The molecule has 11 heteroatoms. The first-order valence-corrected chi connectivity index (χ1v) is 30.3. The van der Waals surface area contributed by atoms with Crippen molar-refractivity contribution < 1.29 is 38.5 Å². The number of aliphatic hydroxyl groups is 1. The molecule has 3 amide bonds. The van der Waals surface area contributed by atoms with Crippen LogP contribution in [-0.2, 0) is 63.6 Å². The van der Waals surface area contributed by atoms with Crippen LogP contribution in [0.3, 0.4) is 0 Å². The molecule has 0 saturated heterocycles. The number of ether oxygens (including phenoxy) is 3. The van der Waals surface area contributed by atoms with E-state index in [4.69, 9.17) is 27.1 Å². The van der Waals surface area contributed by atoms with Gasteiger partial charge in [-0.15, -0.1) is 12.8 Å². The van der Waals surface area contributed by atoms with E-state index in [2.05, 4.69) is 43.7 Å². The molecule has 0 aliphatic carbocycles. The Balaban J connectivity index is 0.000000177. The smallest absolute Gasteiger partial charge is 0.255 e. The monoisotopic (exact) mass is 1210 g/mol. The second kappa shape index (κ2) is 31.6. The first-order valence-electron chi connectivity index (χ1n) is 30.3. The number of aldehydes is 1. The molecule has 0 unspecified atom stereocenters. The zero-order chi connectivity index (χ0) is 65.1. The molecule has 0 bridgehead atoms. The number of carbonyl (C=O) groups is 4. The summed E-state index contributed by atoms with van der Waals surface area (Å²) in [5.41, 5.74) is 19.4. The maximum Gasteiger partial charge on any atom is 0.255 e. The summed E-state index contributed by atoms with van der Waals surface area (Å²) < 4.78 is 18.2. The van der Waals surface area contributed by atoms with Gasteiger partial charge in [-0.3, -0.25) is 14.4 Å². The molecule has 91 heavy (non-hydrogen) atoms. The van der Waals surface area contributed by atoms with Crippen molar-refractivity contribution in [3.63, 3.8) is 0 Å². The van der Waals surface area contributed by atoms with E-state index in [1.165, 1.54) is 10.5 Å². The van der Waals surface area contributed by atoms with E-state index in [1.54, 1.807) is 6.07 Å². The minimum atomic E-state index is -0.194. The Bertz CT molecular complexity index is 4060. The molecule has 8 aromatic rings. The predicted molar refractivity (Wildman–Crippen MR) is 364 cm³/mol. The van der Waals surface area contributed by atoms with Gasteiger partial charge < -0.3 is 38.8 Å². The van der Waals surface area contributed by atoms with Crippen molar-refractivity contribution in [3.8, 4) is 41.9 Å².